The number of carbonyl (C=O) groups is 2. The van der Waals surface area contributed by atoms with E-state index in [2.05, 4.69) is 15.6 Å². The highest BCUT2D eigenvalue weighted by atomic mass is 35.5. The Morgan fingerprint density at radius 3 is 2.39 bits per heavy atom. The third-order valence-corrected chi connectivity index (χ3v) is 5.72. The number of benzene rings is 2. The minimum atomic E-state index is -1.26. The Labute approximate surface area is 202 Å². The summed E-state index contributed by atoms with van der Waals surface area (Å²) >= 11 is 11.9. The smallest absolute Gasteiger partial charge is 0.259 e. The molecule has 1 unspecified atom stereocenters. The summed E-state index contributed by atoms with van der Waals surface area (Å²) < 4.78 is 17.4. The van der Waals surface area contributed by atoms with E-state index in [9.17, 15) is 13.8 Å². The minimum absolute atomic E-state index is 0.128. The number of hydrogen-bond donors (Lipinski definition) is 3. The summed E-state index contributed by atoms with van der Waals surface area (Å²) in [5.41, 5.74) is 6.05. The molecule has 0 fully saturated rings. The summed E-state index contributed by atoms with van der Waals surface area (Å²) in [5.74, 6) is -0.548. The van der Waals surface area contributed by atoms with Crippen LogP contribution >= 0.6 is 23.2 Å². The molecule has 33 heavy (non-hydrogen) atoms. The first-order chi connectivity index (χ1) is 15.8. The van der Waals surface area contributed by atoms with Crippen LogP contribution in [-0.4, -0.2) is 40.4 Å². The van der Waals surface area contributed by atoms with Crippen LogP contribution in [0.15, 0.2) is 59.6 Å². The highest BCUT2D eigenvalue weighted by Crippen LogP contribution is 2.26. The molecule has 4 N–H and O–H groups in total. The second kappa shape index (κ2) is 11.2. The molecule has 3 aromatic rings. The average Bonchev–Trinajstić information content (AvgIpc) is 2.80. The molecule has 1 aromatic heterocycles. The van der Waals surface area contributed by atoms with Crippen LogP contribution in [0.2, 0.25) is 10.0 Å². The second-order valence-corrected chi connectivity index (χ2v) is 8.96. The minimum Gasteiger partial charge on any atom is -0.491 e. The number of aromatic nitrogens is 1. The third kappa shape index (κ3) is 6.52. The quantitative estimate of drug-likeness (QED) is 0.424. The van der Waals surface area contributed by atoms with Crippen molar-refractivity contribution < 1.29 is 18.5 Å². The van der Waals surface area contributed by atoms with Gasteiger partial charge in [-0.05, 0) is 48.5 Å². The van der Waals surface area contributed by atoms with Crippen LogP contribution in [0.1, 0.15) is 20.7 Å². The van der Waals surface area contributed by atoms with Crippen molar-refractivity contribution >= 4 is 57.3 Å². The van der Waals surface area contributed by atoms with Gasteiger partial charge in [-0.25, -0.2) is 4.98 Å². The van der Waals surface area contributed by atoms with Crippen LogP contribution in [0.5, 0.6) is 5.75 Å². The van der Waals surface area contributed by atoms with Gasteiger partial charge in [-0.3, -0.25) is 13.8 Å². The van der Waals surface area contributed by atoms with Gasteiger partial charge in [0.15, 0.2) is 0 Å². The monoisotopic (exact) mass is 506 g/mol. The summed E-state index contributed by atoms with van der Waals surface area (Å²) in [5, 5.41) is 6.08. The number of anilines is 2. The first kappa shape index (κ1) is 24.7. The van der Waals surface area contributed by atoms with E-state index in [0.717, 1.165) is 0 Å². The van der Waals surface area contributed by atoms with Crippen molar-refractivity contribution in [2.24, 2.45) is 5.73 Å². The maximum atomic E-state index is 13.0. The van der Waals surface area contributed by atoms with Crippen molar-refractivity contribution in [2.45, 2.75) is 4.90 Å². The molecule has 1 heterocycles. The van der Waals surface area contributed by atoms with Gasteiger partial charge < -0.3 is 21.1 Å². The zero-order valence-electron chi connectivity index (χ0n) is 17.4. The molecule has 8 nitrogen and oxygen atoms in total. The molecule has 1 atom stereocenters. The largest absolute Gasteiger partial charge is 0.491 e. The van der Waals surface area contributed by atoms with Gasteiger partial charge in [0.2, 0.25) is 0 Å². The molecule has 0 saturated carbocycles. The Kier molecular flexibility index (Phi) is 8.40. The Morgan fingerprint density at radius 2 is 1.73 bits per heavy atom. The summed E-state index contributed by atoms with van der Waals surface area (Å²) in [6, 6.07) is 12.2. The summed E-state index contributed by atoms with van der Waals surface area (Å²) in [6.07, 6.45) is 2.92. The predicted octanol–water partition coefficient (Wildman–Crippen LogP) is 3.97. The van der Waals surface area contributed by atoms with Crippen molar-refractivity contribution in [2.75, 3.05) is 30.0 Å². The Morgan fingerprint density at radius 1 is 1.00 bits per heavy atom. The molecule has 0 aliphatic carbocycles. The maximum Gasteiger partial charge on any atom is 0.259 e. The molecule has 0 saturated heterocycles. The number of carbonyl (C=O) groups excluding carboxylic acids is 2. The van der Waals surface area contributed by atoms with Gasteiger partial charge in [-0.1, -0.05) is 23.2 Å². The molecule has 0 radical (unpaired) electrons. The van der Waals surface area contributed by atoms with E-state index in [0.29, 0.717) is 14.9 Å². The number of nitrogens with one attached hydrogen (secondary N) is 2. The normalized spacial score (nSPS) is 11.5. The number of hydrogen-bond acceptors (Lipinski definition) is 6. The fourth-order valence-electron chi connectivity index (χ4n) is 2.79. The molecule has 11 heteroatoms. The van der Waals surface area contributed by atoms with Gasteiger partial charge in [0, 0.05) is 39.7 Å². The predicted molar refractivity (Wildman–Crippen MR) is 130 cm³/mol. The second-order valence-electron chi connectivity index (χ2n) is 6.71. The van der Waals surface area contributed by atoms with Gasteiger partial charge in [0.25, 0.3) is 11.8 Å². The SMILES string of the molecule is CS(=O)c1ccc(C(=O)Nc2ccc(Cl)cc2C(=O)Nc2ccc(Cl)cn2)c(OCCN)c1. The number of ether oxygens (including phenoxy) is 1. The van der Waals surface area contributed by atoms with Crippen molar-refractivity contribution in [1.29, 1.82) is 0 Å². The van der Waals surface area contributed by atoms with Crippen molar-refractivity contribution in [1.82, 2.24) is 4.98 Å². The number of pyridine rings is 1. The molecular formula is C22H20Cl2N4O4S. The third-order valence-electron chi connectivity index (χ3n) is 4.35. The Hall–Kier alpha value is -2.98. The first-order valence-electron chi connectivity index (χ1n) is 9.62. The lowest BCUT2D eigenvalue weighted by Gasteiger charge is -2.15. The van der Waals surface area contributed by atoms with Gasteiger partial charge >= 0.3 is 0 Å². The summed E-state index contributed by atoms with van der Waals surface area (Å²) in [6.45, 7) is 0.406. The van der Waals surface area contributed by atoms with E-state index in [1.165, 1.54) is 36.7 Å². The lowest BCUT2D eigenvalue weighted by molar-refractivity contribution is 0.102. The standard InChI is InChI=1S/C22H20Cl2N4O4S/c1-33(31)15-4-5-16(19(11-15)32-9-8-25)21(29)27-18-6-2-13(23)10-17(18)22(30)28-20-7-3-14(24)12-26-20/h2-7,10-12H,8-9,25H2,1H3,(H,27,29)(H,26,28,30). The maximum absolute atomic E-state index is 13.0. The van der Waals surface area contributed by atoms with E-state index in [1.807, 2.05) is 0 Å². The van der Waals surface area contributed by atoms with E-state index < -0.39 is 22.6 Å². The molecule has 2 amide bonds. The van der Waals surface area contributed by atoms with Crippen LogP contribution in [0, 0.1) is 0 Å². The fourth-order valence-corrected chi connectivity index (χ4v) is 3.61. The van der Waals surface area contributed by atoms with Crippen LogP contribution in [0.25, 0.3) is 0 Å². The van der Waals surface area contributed by atoms with Gasteiger partial charge in [-0.15, -0.1) is 0 Å². The zero-order chi connectivity index (χ0) is 24.0. The molecule has 2 aromatic carbocycles. The number of nitrogens with two attached hydrogens (primary N) is 1. The number of amides is 2. The molecule has 0 spiro atoms. The summed E-state index contributed by atoms with van der Waals surface area (Å²) in [4.78, 5) is 30.4. The Balaban J connectivity index is 1.89. The highest BCUT2D eigenvalue weighted by molar-refractivity contribution is 7.84. The van der Waals surface area contributed by atoms with Crippen molar-refractivity contribution in [3.63, 3.8) is 0 Å². The number of halogens is 2. The Bertz CT molecular complexity index is 1210. The van der Waals surface area contributed by atoms with Crippen molar-refractivity contribution in [3.8, 4) is 5.75 Å². The van der Waals surface area contributed by atoms with Crippen LogP contribution in [0.4, 0.5) is 11.5 Å². The summed E-state index contributed by atoms with van der Waals surface area (Å²) in [7, 11) is -1.26. The molecule has 0 bridgehead atoms. The van der Waals surface area contributed by atoms with E-state index in [-0.39, 0.29) is 41.5 Å². The topological polar surface area (TPSA) is 123 Å². The van der Waals surface area contributed by atoms with Gasteiger partial charge in [0.1, 0.15) is 18.2 Å². The molecular weight excluding hydrogens is 487 g/mol. The zero-order valence-corrected chi connectivity index (χ0v) is 19.8. The highest BCUT2D eigenvalue weighted by Gasteiger charge is 2.19. The number of rotatable bonds is 8. The fraction of sp³-hybridized carbons (Fsp3) is 0.136. The lowest BCUT2D eigenvalue weighted by Crippen LogP contribution is -2.20. The van der Waals surface area contributed by atoms with Crippen LogP contribution in [0.3, 0.4) is 0 Å². The van der Waals surface area contributed by atoms with Crippen molar-refractivity contribution in [3.05, 3.63) is 75.9 Å². The van der Waals surface area contributed by atoms with Gasteiger partial charge in [-0.2, -0.15) is 0 Å². The first-order valence-corrected chi connectivity index (χ1v) is 11.9. The van der Waals surface area contributed by atoms with E-state index in [4.69, 9.17) is 33.7 Å². The molecule has 0 aliphatic rings. The number of nitrogens with zero attached hydrogens (tertiary/aromatic N) is 1. The molecule has 172 valence electrons. The van der Waals surface area contributed by atoms with E-state index in [1.54, 1.807) is 24.3 Å². The van der Waals surface area contributed by atoms with Crippen LogP contribution < -0.4 is 21.1 Å². The van der Waals surface area contributed by atoms with Gasteiger partial charge in [0.05, 0.1) is 21.8 Å². The average molecular weight is 507 g/mol. The van der Waals surface area contributed by atoms with Crippen LogP contribution in [-0.2, 0) is 10.8 Å². The molecule has 3 rings (SSSR count). The lowest BCUT2D eigenvalue weighted by atomic mass is 10.1. The molecule has 0 aliphatic heterocycles. The van der Waals surface area contributed by atoms with E-state index >= 15 is 0 Å².